The molecule has 0 saturated heterocycles. The van der Waals surface area contributed by atoms with Gasteiger partial charge in [-0.2, -0.15) is 9.49 Å². The van der Waals surface area contributed by atoms with Gasteiger partial charge in [-0.3, -0.25) is 14.8 Å². The molecule has 29 heavy (non-hydrogen) atoms. The second kappa shape index (κ2) is 6.72. The maximum absolute atomic E-state index is 14.7. The van der Waals surface area contributed by atoms with Gasteiger partial charge in [0.25, 0.3) is 12.1 Å². The molecule has 0 saturated carbocycles. The number of nitro benzene ring substituents is 1. The van der Waals surface area contributed by atoms with Gasteiger partial charge in [-0.25, -0.2) is 8.78 Å². The van der Waals surface area contributed by atoms with E-state index >= 15 is 0 Å². The molecule has 4 rings (SSSR count). The van der Waals surface area contributed by atoms with E-state index in [2.05, 4.69) is 10.2 Å². The molecular formula is C17H13F4N6O2+. The van der Waals surface area contributed by atoms with Gasteiger partial charge in [-0.15, -0.1) is 9.49 Å². The predicted octanol–water partition coefficient (Wildman–Crippen LogP) is 2.89. The van der Waals surface area contributed by atoms with Crippen LogP contribution in [0.5, 0.6) is 0 Å². The third-order valence-corrected chi connectivity index (χ3v) is 4.49. The number of nitrogen functional groups attached to an aromatic ring is 1. The number of nitrogens with one attached hydrogen (secondary N) is 1. The van der Waals surface area contributed by atoms with Crippen molar-refractivity contribution in [1.82, 2.24) is 14.9 Å². The maximum atomic E-state index is 14.7. The SMILES string of the molecule is Nc1cccc2[nH][n+](Cc3cc([N+](=O)[O-])c4c(F)nn(CC(F)F)c4c3)c(F)c12. The van der Waals surface area contributed by atoms with Gasteiger partial charge in [0.1, 0.15) is 22.8 Å². The summed E-state index contributed by atoms with van der Waals surface area (Å²) >= 11 is 0. The highest BCUT2D eigenvalue weighted by molar-refractivity contribution is 5.90. The maximum Gasteiger partial charge on any atom is 0.394 e. The lowest BCUT2D eigenvalue weighted by atomic mass is 10.1. The summed E-state index contributed by atoms with van der Waals surface area (Å²) in [6, 6.07) is 7.07. The van der Waals surface area contributed by atoms with Crippen LogP contribution in [0.4, 0.5) is 28.9 Å². The summed E-state index contributed by atoms with van der Waals surface area (Å²) in [6.45, 7) is -1.15. The Morgan fingerprint density at radius 2 is 2.03 bits per heavy atom. The highest BCUT2D eigenvalue weighted by Crippen LogP contribution is 2.30. The number of aromatic amines is 1. The Morgan fingerprint density at radius 3 is 2.69 bits per heavy atom. The predicted molar refractivity (Wildman–Crippen MR) is 94.3 cm³/mol. The van der Waals surface area contributed by atoms with E-state index in [1.807, 2.05) is 0 Å². The summed E-state index contributed by atoms with van der Waals surface area (Å²) in [7, 11) is 0. The fraction of sp³-hybridized carbons (Fsp3) is 0.176. The minimum Gasteiger partial charge on any atom is -0.398 e. The molecule has 0 unspecified atom stereocenters. The average Bonchev–Trinajstić information content (AvgIpc) is 3.12. The van der Waals surface area contributed by atoms with E-state index < -0.39 is 40.9 Å². The largest absolute Gasteiger partial charge is 0.398 e. The van der Waals surface area contributed by atoms with Gasteiger partial charge in [0.05, 0.1) is 16.1 Å². The minimum absolute atomic E-state index is 0.150. The Kier molecular flexibility index (Phi) is 4.32. The zero-order valence-corrected chi connectivity index (χ0v) is 14.6. The number of halogens is 4. The summed E-state index contributed by atoms with van der Waals surface area (Å²) in [6.07, 6.45) is -2.84. The summed E-state index contributed by atoms with van der Waals surface area (Å²) in [5.41, 5.74) is 5.76. The number of non-ortho nitro benzene ring substituents is 1. The van der Waals surface area contributed by atoms with Crippen molar-refractivity contribution < 1.29 is 27.2 Å². The van der Waals surface area contributed by atoms with Gasteiger partial charge in [0.15, 0.2) is 0 Å². The Morgan fingerprint density at radius 1 is 1.28 bits per heavy atom. The second-order valence-electron chi connectivity index (χ2n) is 6.39. The number of fused-ring (bicyclic) bond motifs is 2. The summed E-state index contributed by atoms with van der Waals surface area (Å²) in [5, 5.41) is 17.2. The molecule has 3 N–H and O–H groups in total. The standard InChI is InChI=1S/C17H12F4N6O2/c18-13(19)7-25-11-4-8(5-12(27(28)29)15(11)16(20)24-25)6-26-17(21)14-9(22)2-1-3-10(14)23-26/h1-5,13H,6-7H2,(H2,22,23)/p+1. The second-order valence-corrected chi connectivity index (χ2v) is 6.39. The Labute approximate surface area is 159 Å². The molecule has 2 aromatic heterocycles. The third-order valence-electron chi connectivity index (χ3n) is 4.49. The zero-order chi connectivity index (χ0) is 20.9. The molecule has 2 aromatic carbocycles. The summed E-state index contributed by atoms with van der Waals surface area (Å²) in [4.78, 5) is 10.6. The van der Waals surface area contributed by atoms with Crippen LogP contribution in [-0.2, 0) is 13.1 Å². The molecule has 12 heteroatoms. The lowest BCUT2D eigenvalue weighted by Gasteiger charge is -2.03. The molecule has 0 bridgehead atoms. The van der Waals surface area contributed by atoms with Gasteiger partial charge >= 0.3 is 5.95 Å². The van der Waals surface area contributed by atoms with E-state index in [4.69, 9.17) is 5.73 Å². The molecule has 0 aliphatic carbocycles. The van der Waals surface area contributed by atoms with Crippen LogP contribution >= 0.6 is 0 Å². The Balaban J connectivity index is 1.87. The van der Waals surface area contributed by atoms with Crippen molar-refractivity contribution in [2.45, 2.75) is 19.5 Å². The van der Waals surface area contributed by atoms with Gasteiger partial charge in [-0.05, 0) is 18.2 Å². The number of benzene rings is 2. The number of hydrogen-bond acceptors (Lipinski definition) is 4. The fourth-order valence-corrected chi connectivity index (χ4v) is 3.31. The average molecular weight is 409 g/mol. The summed E-state index contributed by atoms with van der Waals surface area (Å²) in [5.74, 6) is -1.93. The first kappa shape index (κ1) is 18.7. The minimum atomic E-state index is -2.84. The number of aromatic nitrogens is 4. The first-order chi connectivity index (χ1) is 13.8. The van der Waals surface area contributed by atoms with Gasteiger partial charge in [0, 0.05) is 11.6 Å². The lowest BCUT2D eigenvalue weighted by molar-refractivity contribution is -0.764. The van der Waals surface area contributed by atoms with Crippen LogP contribution in [0.15, 0.2) is 30.3 Å². The quantitative estimate of drug-likeness (QED) is 0.174. The number of hydrogen-bond donors (Lipinski definition) is 2. The molecule has 0 aliphatic heterocycles. The number of nitrogens with two attached hydrogens (primary N) is 1. The van der Waals surface area contributed by atoms with Gasteiger partial charge in [0.2, 0.25) is 12.5 Å². The Bertz CT molecular complexity index is 1270. The van der Waals surface area contributed by atoms with Crippen molar-refractivity contribution >= 4 is 33.2 Å². The molecule has 0 spiro atoms. The van der Waals surface area contributed by atoms with E-state index in [0.717, 1.165) is 10.7 Å². The first-order valence-electron chi connectivity index (χ1n) is 8.33. The normalized spacial score (nSPS) is 11.8. The number of anilines is 1. The lowest BCUT2D eigenvalue weighted by Crippen LogP contribution is -2.39. The number of rotatable bonds is 5. The van der Waals surface area contributed by atoms with Crippen molar-refractivity contribution in [3.8, 4) is 0 Å². The van der Waals surface area contributed by atoms with Gasteiger partial charge in [-0.1, -0.05) is 10.7 Å². The molecule has 4 aromatic rings. The molecule has 0 fully saturated rings. The van der Waals surface area contributed by atoms with E-state index in [9.17, 15) is 27.7 Å². The summed E-state index contributed by atoms with van der Waals surface area (Å²) < 4.78 is 56.2. The Hall–Kier alpha value is -3.70. The highest BCUT2D eigenvalue weighted by atomic mass is 19.3. The molecule has 0 radical (unpaired) electrons. The van der Waals surface area contributed by atoms with Crippen molar-refractivity contribution in [3.63, 3.8) is 0 Å². The molecule has 0 aliphatic rings. The molecule has 2 heterocycles. The molecule has 0 amide bonds. The van der Waals surface area contributed by atoms with Crippen LogP contribution < -0.4 is 10.4 Å². The number of nitro groups is 1. The van der Waals surface area contributed by atoms with Crippen LogP contribution in [0.25, 0.3) is 21.8 Å². The van der Waals surface area contributed by atoms with Crippen molar-refractivity contribution in [2.75, 3.05) is 5.73 Å². The van der Waals surface area contributed by atoms with E-state index in [1.165, 1.54) is 12.1 Å². The molecular weight excluding hydrogens is 396 g/mol. The van der Waals surface area contributed by atoms with E-state index in [0.29, 0.717) is 10.2 Å². The van der Waals surface area contributed by atoms with Crippen LogP contribution in [0.3, 0.4) is 0 Å². The molecule has 8 nitrogen and oxygen atoms in total. The van der Waals surface area contributed by atoms with Crippen molar-refractivity contribution in [2.24, 2.45) is 0 Å². The third kappa shape index (κ3) is 3.11. The van der Waals surface area contributed by atoms with Crippen LogP contribution in [-0.4, -0.2) is 26.2 Å². The van der Waals surface area contributed by atoms with E-state index in [1.54, 1.807) is 12.1 Å². The van der Waals surface area contributed by atoms with Gasteiger partial charge < -0.3 is 5.73 Å². The van der Waals surface area contributed by atoms with Crippen molar-refractivity contribution in [1.29, 1.82) is 0 Å². The van der Waals surface area contributed by atoms with Crippen LogP contribution in [0.1, 0.15) is 5.56 Å². The smallest absolute Gasteiger partial charge is 0.394 e. The number of H-pyrrole nitrogens is 1. The fourth-order valence-electron chi connectivity index (χ4n) is 3.31. The van der Waals surface area contributed by atoms with Crippen molar-refractivity contribution in [3.05, 3.63) is 57.9 Å². The van der Waals surface area contributed by atoms with Crippen LogP contribution in [0, 0.1) is 22.0 Å². The first-order valence-corrected chi connectivity index (χ1v) is 8.33. The molecule has 150 valence electrons. The number of alkyl halides is 2. The number of nitrogens with zero attached hydrogens (tertiary/aromatic N) is 4. The monoisotopic (exact) mass is 409 g/mol. The van der Waals surface area contributed by atoms with E-state index in [-0.39, 0.29) is 28.7 Å². The zero-order valence-electron chi connectivity index (χ0n) is 14.6. The topological polar surface area (TPSA) is 107 Å². The highest BCUT2D eigenvalue weighted by Gasteiger charge is 2.27. The van der Waals surface area contributed by atoms with Crippen LogP contribution in [0.2, 0.25) is 0 Å². The molecule has 0 atom stereocenters.